The number of piperidine rings is 1. The molecule has 0 aromatic heterocycles. The van der Waals surface area contributed by atoms with Gasteiger partial charge in [0.05, 0.1) is 13.7 Å². The van der Waals surface area contributed by atoms with Gasteiger partial charge in [0.2, 0.25) is 5.91 Å². The summed E-state index contributed by atoms with van der Waals surface area (Å²) in [7, 11) is 1.22. The Morgan fingerprint density at radius 3 is 2.94 bits per heavy atom. The third kappa shape index (κ3) is 5.14. The summed E-state index contributed by atoms with van der Waals surface area (Å²) in [6.07, 6.45) is 2.17. The lowest BCUT2D eigenvalue weighted by Crippen LogP contribution is -2.44. The minimum atomic E-state index is -0.723. The molecule has 2 N–H and O–H groups in total. The van der Waals surface area contributed by atoms with Crippen molar-refractivity contribution < 1.29 is 19.4 Å². The maximum atomic E-state index is 11.4. The van der Waals surface area contributed by atoms with Gasteiger partial charge in [0.25, 0.3) is 0 Å². The molecule has 1 rings (SSSR count). The number of likely N-dealkylation sites (tertiary alicyclic amines) is 1. The molecule has 1 heterocycles. The predicted octanol–water partition coefficient (Wildman–Crippen LogP) is -0.0366. The van der Waals surface area contributed by atoms with Crippen molar-refractivity contribution in [1.29, 1.82) is 0 Å². The van der Waals surface area contributed by atoms with Crippen LogP contribution in [0, 0.1) is 5.92 Å². The molecule has 6 nitrogen and oxygen atoms in total. The summed E-state index contributed by atoms with van der Waals surface area (Å²) in [6, 6.07) is 0. The largest absolute Gasteiger partial charge is 0.453 e. The number of hydrogen-bond donors (Lipinski definition) is 2. The molecule has 0 spiro atoms. The molecule has 98 valence electrons. The van der Waals surface area contributed by atoms with Gasteiger partial charge in [-0.15, -0.1) is 0 Å². The van der Waals surface area contributed by atoms with Crippen LogP contribution in [0.1, 0.15) is 19.3 Å². The van der Waals surface area contributed by atoms with Crippen molar-refractivity contribution in [2.24, 2.45) is 5.92 Å². The van der Waals surface area contributed by atoms with E-state index in [-0.39, 0.29) is 19.1 Å². The zero-order valence-corrected chi connectivity index (χ0v) is 10.1. The number of carbonyl (C=O) groups is 2. The predicted molar refractivity (Wildman–Crippen MR) is 61.4 cm³/mol. The normalized spacial score (nSPS) is 20.9. The van der Waals surface area contributed by atoms with Gasteiger partial charge in [0.15, 0.2) is 0 Å². The topological polar surface area (TPSA) is 78.9 Å². The highest BCUT2D eigenvalue weighted by atomic mass is 16.5. The van der Waals surface area contributed by atoms with Crippen LogP contribution in [0.15, 0.2) is 0 Å². The van der Waals surface area contributed by atoms with Crippen LogP contribution in [0.25, 0.3) is 0 Å². The second kappa shape index (κ2) is 7.24. The van der Waals surface area contributed by atoms with Crippen molar-refractivity contribution in [3.05, 3.63) is 0 Å². The molecule has 2 amide bonds. The van der Waals surface area contributed by atoms with Crippen molar-refractivity contribution in [2.45, 2.75) is 19.3 Å². The number of nitrogens with one attached hydrogen (secondary N) is 1. The number of amides is 2. The summed E-state index contributed by atoms with van der Waals surface area (Å²) in [5.41, 5.74) is 0. The number of methoxy groups -OCH3 is 1. The van der Waals surface area contributed by atoms with E-state index >= 15 is 0 Å². The number of aliphatic hydroxyl groups excluding tert-OH is 1. The van der Waals surface area contributed by atoms with Crippen molar-refractivity contribution in [1.82, 2.24) is 10.2 Å². The van der Waals surface area contributed by atoms with Crippen molar-refractivity contribution >= 4 is 12.0 Å². The van der Waals surface area contributed by atoms with Gasteiger partial charge in [-0.25, -0.2) is 4.79 Å². The van der Waals surface area contributed by atoms with Gasteiger partial charge in [-0.1, -0.05) is 0 Å². The molecule has 0 aromatic carbocycles. The Hall–Kier alpha value is -1.14. The maximum Gasteiger partial charge on any atom is 0.413 e. The first-order valence-corrected chi connectivity index (χ1v) is 5.86. The lowest BCUT2D eigenvalue weighted by Gasteiger charge is -2.31. The van der Waals surface area contributed by atoms with Crippen LogP contribution in [0.3, 0.4) is 0 Å². The fraction of sp³-hybridized carbons (Fsp3) is 0.818. The second-order valence-electron chi connectivity index (χ2n) is 4.30. The highest BCUT2D eigenvalue weighted by Gasteiger charge is 2.21. The Morgan fingerprint density at radius 1 is 1.53 bits per heavy atom. The van der Waals surface area contributed by atoms with E-state index in [1.54, 1.807) is 0 Å². The SMILES string of the molecule is COC(=O)NC(=O)CN1CCCC(CCO)C1. The zero-order chi connectivity index (χ0) is 12.7. The molecule has 0 saturated carbocycles. The van der Waals surface area contributed by atoms with Gasteiger partial charge in [0.1, 0.15) is 0 Å². The first kappa shape index (κ1) is 13.9. The van der Waals surface area contributed by atoms with E-state index < -0.39 is 6.09 Å². The summed E-state index contributed by atoms with van der Waals surface area (Å²) >= 11 is 0. The maximum absolute atomic E-state index is 11.4. The number of rotatable bonds is 4. The van der Waals surface area contributed by atoms with Crippen LogP contribution in [-0.2, 0) is 9.53 Å². The quantitative estimate of drug-likeness (QED) is 0.725. The van der Waals surface area contributed by atoms with Crippen LogP contribution >= 0.6 is 0 Å². The van der Waals surface area contributed by atoms with E-state index in [4.69, 9.17) is 5.11 Å². The molecular weight excluding hydrogens is 224 g/mol. The van der Waals surface area contributed by atoms with Gasteiger partial charge in [-0.3, -0.25) is 15.0 Å². The van der Waals surface area contributed by atoms with E-state index in [0.29, 0.717) is 5.92 Å². The van der Waals surface area contributed by atoms with E-state index in [0.717, 1.165) is 32.4 Å². The number of hydrogen-bond acceptors (Lipinski definition) is 5. The van der Waals surface area contributed by atoms with E-state index in [1.165, 1.54) is 7.11 Å². The molecule has 1 aliphatic rings. The van der Waals surface area contributed by atoms with E-state index in [9.17, 15) is 9.59 Å². The smallest absolute Gasteiger partial charge is 0.413 e. The minimum Gasteiger partial charge on any atom is -0.453 e. The third-order valence-corrected chi connectivity index (χ3v) is 2.93. The van der Waals surface area contributed by atoms with Crippen LogP contribution in [0.4, 0.5) is 4.79 Å². The summed E-state index contributed by atoms with van der Waals surface area (Å²) in [4.78, 5) is 24.3. The molecule has 17 heavy (non-hydrogen) atoms. The lowest BCUT2D eigenvalue weighted by atomic mass is 9.95. The molecule has 0 aromatic rings. The molecule has 1 unspecified atom stereocenters. The summed E-state index contributed by atoms with van der Waals surface area (Å²) in [5, 5.41) is 11.0. The number of ether oxygens (including phenoxy) is 1. The van der Waals surface area contributed by atoms with Gasteiger partial charge in [0, 0.05) is 13.2 Å². The number of alkyl carbamates (subject to hydrolysis) is 1. The number of imide groups is 1. The Labute approximate surface area is 101 Å². The summed E-state index contributed by atoms with van der Waals surface area (Å²) in [5.74, 6) is 0.0983. The molecule has 1 fully saturated rings. The van der Waals surface area contributed by atoms with E-state index in [2.05, 4.69) is 10.1 Å². The highest BCUT2D eigenvalue weighted by molar-refractivity contribution is 5.92. The summed E-state index contributed by atoms with van der Waals surface area (Å²) in [6.45, 7) is 2.05. The molecule has 0 aliphatic carbocycles. The lowest BCUT2D eigenvalue weighted by molar-refractivity contribution is -0.122. The third-order valence-electron chi connectivity index (χ3n) is 2.93. The monoisotopic (exact) mass is 244 g/mol. The Bertz CT molecular complexity index is 268. The molecular formula is C11H20N2O4. The molecule has 0 bridgehead atoms. The van der Waals surface area contributed by atoms with Gasteiger partial charge in [-0.05, 0) is 31.7 Å². The fourth-order valence-electron chi connectivity index (χ4n) is 2.12. The van der Waals surface area contributed by atoms with Crippen LogP contribution in [-0.4, -0.2) is 55.4 Å². The first-order chi connectivity index (χ1) is 8.15. The summed E-state index contributed by atoms with van der Waals surface area (Å²) < 4.78 is 4.35. The fourth-order valence-corrected chi connectivity index (χ4v) is 2.12. The second-order valence-corrected chi connectivity index (χ2v) is 4.30. The first-order valence-electron chi connectivity index (χ1n) is 5.86. The molecule has 6 heteroatoms. The Morgan fingerprint density at radius 2 is 2.29 bits per heavy atom. The zero-order valence-electron chi connectivity index (χ0n) is 10.1. The van der Waals surface area contributed by atoms with Gasteiger partial charge in [-0.2, -0.15) is 0 Å². The van der Waals surface area contributed by atoms with Gasteiger partial charge < -0.3 is 9.84 Å². The number of carbonyl (C=O) groups excluding carboxylic acids is 2. The minimum absolute atomic E-state index is 0.187. The molecule has 1 aliphatic heterocycles. The number of aliphatic hydroxyl groups is 1. The Balaban J connectivity index is 2.30. The van der Waals surface area contributed by atoms with Crippen molar-refractivity contribution in [3.63, 3.8) is 0 Å². The van der Waals surface area contributed by atoms with Crippen LogP contribution in [0.2, 0.25) is 0 Å². The van der Waals surface area contributed by atoms with E-state index in [1.807, 2.05) is 4.90 Å². The standard InChI is InChI=1S/C11H20N2O4/c1-17-11(16)12-10(15)8-13-5-2-3-9(7-13)4-6-14/h9,14H,2-8H2,1H3,(H,12,15,16). The van der Waals surface area contributed by atoms with Crippen LogP contribution < -0.4 is 5.32 Å². The molecule has 1 saturated heterocycles. The average Bonchev–Trinajstić information content (AvgIpc) is 2.29. The number of nitrogens with zero attached hydrogens (tertiary/aromatic N) is 1. The van der Waals surface area contributed by atoms with Gasteiger partial charge >= 0.3 is 6.09 Å². The van der Waals surface area contributed by atoms with Crippen LogP contribution in [0.5, 0.6) is 0 Å². The molecule has 0 radical (unpaired) electrons. The van der Waals surface area contributed by atoms with Crippen molar-refractivity contribution in [3.8, 4) is 0 Å². The average molecular weight is 244 g/mol. The molecule has 1 atom stereocenters. The van der Waals surface area contributed by atoms with Crippen molar-refractivity contribution in [2.75, 3.05) is 33.4 Å². The Kier molecular flexibility index (Phi) is 5.93. The highest BCUT2D eigenvalue weighted by Crippen LogP contribution is 2.18.